The van der Waals surface area contributed by atoms with Gasteiger partial charge in [-0.3, -0.25) is 0 Å². The molecule has 1 aromatic rings. The lowest BCUT2D eigenvalue weighted by molar-refractivity contribution is 0.0218. The third-order valence-corrected chi connectivity index (χ3v) is 3.79. The lowest BCUT2D eigenvalue weighted by atomic mass is 10.1. The molecule has 0 spiro atoms. The minimum Gasteiger partial charge on any atom is -0.444 e. The highest BCUT2D eigenvalue weighted by Crippen LogP contribution is 2.20. The van der Waals surface area contributed by atoms with Crippen molar-refractivity contribution in [3.05, 3.63) is 18.1 Å². The number of carbonyl (C=O) groups excluding carboxylic acids is 1. The largest absolute Gasteiger partial charge is 0.444 e. The predicted octanol–water partition coefficient (Wildman–Crippen LogP) is 2.87. The summed E-state index contributed by atoms with van der Waals surface area (Å²) in [7, 11) is 0. The molecular weight excluding hydrogens is 292 g/mol. The van der Waals surface area contributed by atoms with Crippen molar-refractivity contribution in [1.82, 2.24) is 14.9 Å². The summed E-state index contributed by atoms with van der Waals surface area (Å²) < 4.78 is 5.46. The molecule has 23 heavy (non-hydrogen) atoms. The van der Waals surface area contributed by atoms with Gasteiger partial charge in [-0.25, -0.2) is 14.8 Å². The number of nitrogens with zero attached hydrogens (tertiary/aromatic N) is 4. The van der Waals surface area contributed by atoms with Crippen LogP contribution in [0.4, 0.5) is 10.6 Å². The van der Waals surface area contributed by atoms with E-state index in [1.165, 1.54) is 0 Å². The Morgan fingerprint density at radius 2 is 2.09 bits per heavy atom. The second-order valence-corrected chi connectivity index (χ2v) is 7.09. The topological polar surface area (TPSA) is 58.6 Å². The molecule has 1 saturated heterocycles. The van der Waals surface area contributed by atoms with Gasteiger partial charge in [-0.15, -0.1) is 0 Å². The van der Waals surface area contributed by atoms with E-state index in [1.807, 2.05) is 20.8 Å². The van der Waals surface area contributed by atoms with Crippen molar-refractivity contribution in [2.45, 2.75) is 59.1 Å². The van der Waals surface area contributed by atoms with Gasteiger partial charge < -0.3 is 14.5 Å². The Kier molecular flexibility index (Phi) is 5.44. The Morgan fingerprint density at radius 3 is 2.70 bits per heavy atom. The summed E-state index contributed by atoms with van der Waals surface area (Å²) in [5.74, 6) is 0.944. The molecule has 0 N–H and O–H groups in total. The molecule has 0 radical (unpaired) electrons. The first-order chi connectivity index (χ1) is 10.8. The standard InChI is InChI=1S/C17H28N4O2/c1-6-7-14-10-15(19-12-18-14)21-9-8-20(11-13(21)2)16(22)23-17(3,4)5/h10,12-13H,6-9,11H2,1-5H3/t13-/m1/s1. The highest BCUT2D eigenvalue weighted by atomic mass is 16.6. The number of aromatic nitrogens is 2. The summed E-state index contributed by atoms with van der Waals surface area (Å²) in [5.41, 5.74) is 0.610. The number of hydrogen-bond donors (Lipinski definition) is 0. The lowest BCUT2D eigenvalue weighted by Gasteiger charge is -2.40. The van der Waals surface area contributed by atoms with Crippen molar-refractivity contribution in [1.29, 1.82) is 0 Å². The number of hydrogen-bond acceptors (Lipinski definition) is 5. The van der Waals surface area contributed by atoms with Gasteiger partial charge >= 0.3 is 6.09 Å². The zero-order valence-corrected chi connectivity index (χ0v) is 14.9. The van der Waals surface area contributed by atoms with Crippen molar-refractivity contribution in [2.75, 3.05) is 24.5 Å². The quantitative estimate of drug-likeness (QED) is 0.857. The summed E-state index contributed by atoms with van der Waals surface area (Å²) in [5, 5.41) is 0. The normalized spacial score (nSPS) is 18.9. The zero-order chi connectivity index (χ0) is 17.0. The molecule has 1 aliphatic heterocycles. The van der Waals surface area contributed by atoms with Gasteiger partial charge in [0.15, 0.2) is 0 Å². The van der Waals surface area contributed by atoms with Gasteiger partial charge in [-0.05, 0) is 34.1 Å². The van der Waals surface area contributed by atoms with E-state index in [1.54, 1.807) is 11.2 Å². The van der Waals surface area contributed by atoms with Crippen LogP contribution in [0, 0.1) is 0 Å². The Morgan fingerprint density at radius 1 is 1.35 bits per heavy atom. The van der Waals surface area contributed by atoms with Gasteiger partial charge in [0.2, 0.25) is 0 Å². The molecule has 0 saturated carbocycles. The van der Waals surface area contributed by atoms with Gasteiger partial charge in [-0.2, -0.15) is 0 Å². The molecule has 1 aliphatic rings. The maximum absolute atomic E-state index is 12.2. The number of carbonyl (C=O) groups is 1. The monoisotopic (exact) mass is 320 g/mol. The van der Waals surface area contributed by atoms with Crippen molar-refractivity contribution in [2.24, 2.45) is 0 Å². The average molecular weight is 320 g/mol. The van der Waals surface area contributed by atoms with Crippen LogP contribution in [0.2, 0.25) is 0 Å². The molecule has 0 bridgehead atoms. The van der Waals surface area contributed by atoms with Crippen LogP contribution in [-0.2, 0) is 11.2 Å². The Labute approximate surface area is 138 Å². The van der Waals surface area contributed by atoms with Crippen molar-refractivity contribution < 1.29 is 9.53 Å². The summed E-state index contributed by atoms with van der Waals surface area (Å²) >= 11 is 0. The fourth-order valence-corrected chi connectivity index (χ4v) is 2.73. The number of rotatable bonds is 3. The maximum atomic E-state index is 12.2. The number of ether oxygens (including phenoxy) is 1. The highest BCUT2D eigenvalue weighted by molar-refractivity contribution is 5.68. The van der Waals surface area contributed by atoms with Crippen LogP contribution in [0.5, 0.6) is 0 Å². The van der Waals surface area contributed by atoms with Crippen molar-refractivity contribution in [3.8, 4) is 0 Å². The molecule has 6 heteroatoms. The van der Waals surface area contributed by atoms with Crippen molar-refractivity contribution >= 4 is 11.9 Å². The molecule has 0 aliphatic carbocycles. The van der Waals surface area contributed by atoms with Crippen LogP contribution < -0.4 is 4.90 Å². The summed E-state index contributed by atoms with van der Waals surface area (Å²) in [6.07, 6.45) is 3.42. The minimum atomic E-state index is -0.459. The molecular formula is C17H28N4O2. The first kappa shape index (κ1) is 17.5. The van der Waals surface area contributed by atoms with E-state index < -0.39 is 5.60 Å². The zero-order valence-electron chi connectivity index (χ0n) is 14.9. The van der Waals surface area contributed by atoms with Crippen molar-refractivity contribution in [3.63, 3.8) is 0 Å². The fraction of sp³-hybridized carbons (Fsp3) is 0.706. The Hall–Kier alpha value is -1.85. The van der Waals surface area contributed by atoms with Gasteiger partial charge in [0.1, 0.15) is 17.7 Å². The molecule has 2 rings (SSSR count). The summed E-state index contributed by atoms with van der Waals surface area (Å²) in [6.45, 7) is 12.0. The van der Waals surface area contributed by atoms with Crippen LogP contribution in [0.15, 0.2) is 12.4 Å². The molecule has 1 aromatic heterocycles. The summed E-state index contributed by atoms with van der Waals surface area (Å²) in [4.78, 5) is 24.9. The van der Waals surface area contributed by atoms with E-state index >= 15 is 0 Å². The van der Waals surface area contributed by atoms with Crippen LogP contribution in [0.1, 0.15) is 46.7 Å². The Balaban J connectivity index is 2.01. The van der Waals surface area contributed by atoms with E-state index in [-0.39, 0.29) is 12.1 Å². The van der Waals surface area contributed by atoms with Gasteiger partial charge in [0.05, 0.1) is 0 Å². The van der Waals surface area contributed by atoms with E-state index in [2.05, 4.69) is 34.8 Å². The van der Waals surface area contributed by atoms with Crippen LogP contribution in [0.3, 0.4) is 0 Å². The van der Waals surface area contributed by atoms with E-state index in [4.69, 9.17) is 4.74 Å². The number of amides is 1. The average Bonchev–Trinajstić information content (AvgIpc) is 2.46. The first-order valence-electron chi connectivity index (χ1n) is 8.35. The Bertz CT molecular complexity index is 542. The van der Waals surface area contributed by atoms with Crippen LogP contribution >= 0.6 is 0 Å². The molecule has 0 unspecified atom stereocenters. The number of aryl methyl sites for hydroxylation is 1. The molecule has 1 fully saturated rings. The maximum Gasteiger partial charge on any atom is 0.410 e. The van der Waals surface area contributed by atoms with Gasteiger partial charge in [-0.1, -0.05) is 13.3 Å². The fourth-order valence-electron chi connectivity index (χ4n) is 2.73. The van der Waals surface area contributed by atoms with Crippen LogP contribution in [-0.4, -0.2) is 52.2 Å². The van der Waals surface area contributed by atoms with Gasteiger partial charge in [0.25, 0.3) is 0 Å². The lowest BCUT2D eigenvalue weighted by Crippen LogP contribution is -2.54. The second-order valence-electron chi connectivity index (χ2n) is 7.09. The second kappa shape index (κ2) is 7.15. The number of piperazine rings is 1. The predicted molar refractivity (Wildman–Crippen MR) is 90.6 cm³/mol. The molecule has 6 nitrogen and oxygen atoms in total. The molecule has 2 heterocycles. The smallest absolute Gasteiger partial charge is 0.410 e. The molecule has 1 atom stereocenters. The third-order valence-electron chi connectivity index (χ3n) is 3.79. The van der Waals surface area contributed by atoms with Gasteiger partial charge in [0, 0.05) is 37.4 Å². The van der Waals surface area contributed by atoms with Crippen LogP contribution in [0.25, 0.3) is 0 Å². The summed E-state index contributed by atoms with van der Waals surface area (Å²) in [6, 6.07) is 2.25. The SMILES string of the molecule is CCCc1cc(N2CCN(C(=O)OC(C)(C)C)C[C@H]2C)ncn1. The first-order valence-corrected chi connectivity index (χ1v) is 8.35. The van der Waals surface area contributed by atoms with E-state index in [9.17, 15) is 4.79 Å². The number of anilines is 1. The third kappa shape index (κ3) is 4.81. The molecule has 1 amide bonds. The van der Waals surface area contributed by atoms with E-state index in [0.29, 0.717) is 13.1 Å². The highest BCUT2D eigenvalue weighted by Gasteiger charge is 2.30. The molecule has 0 aromatic carbocycles. The minimum absolute atomic E-state index is 0.195. The van der Waals surface area contributed by atoms with E-state index in [0.717, 1.165) is 30.9 Å². The molecule has 128 valence electrons.